The minimum absolute atomic E-state index is 0.209. The Morgan fingerprint density at radius 2 is 2.23 bits per heavy atom. The van der Waals surface area contributed by atoms with Crippen molar-refractivity contribution in [2.45, 2.75) is 26.9 Å². The molecule has 162 valence electrons. The Kier molecular flexibility index (Phi) is 6.64. The van der Waals surface area contributed by atoms with Crippen LogP contribution in [0, 0.1) is 16.6 Å². The first-order valence-electron chi connectivity index (χ1n) is 9.91. The highest BCUT2D eigenvalue weighted by molar-refractivity contribution is 6.06. The number of nitrogens with one attached hydrogen (secondary N) is 4. The normalized spacial score (nSPS) is 19.9. The van der Waals surface area contributed by atoms with E-state index in [1.54, 1.807) is 32.2 Å². The Hall–Kier alpha value is -3.75. The molecule has 0 amide bonds. The summed E-state index contributed by atoms with van der Waals surface area (Å²) in [7, 11) is 0. The van der Waals surface area contributed by atoms with Crippen LogP contribution in [0.2, 0.25) is 0 Å². The maximum Gasteiger partial charge on any atom is 0.166 e. The maximum absolute atomic E-state index is 14.1. The van der Waals surface area contributed by atoms with Crippen molar-refractivity contribution in [3.05, 3.63) is 58.5 Å². The predicted molar refractivity (Wildman–Crippen MR) is 121 cm³/mol. The standard InChI is InChI=1S/C22H26FN7O/c1-4-27-20-14-7-19(21(26)28-9-14)31-13(3)17-8-15(23)5-6-16(17)22(30-11-24)29-10-18(20)12(2)25/h5-9,11,13,25,27H,4,10H2,1-3H3,(H2,26,28)(H2,24,29,30)/b20-18-,25-12?. The summed E-state index contributed by atoms with van der Waals surface area (Å²) in [6.07, 6.45) is 1.97. The molecule has 3 rings (SSSR count). The van der Waals surface area contributed by atoms with Gasteiger partial charge >= 0.3 is 0 Å². The summed E-state index contributed by atoms with van der Waals surface area (Å²) < 4.78 is 20.2. The molecule has 2 bridgehead atoms. The summed E-state index contributed by atoms with van der Waals surface area (Å²) in [4.78, 5) is 8.41. The monoisotopic (exact) mass is 423 g/mol. The number of pyridine rings is 1. The number of ether oxygens (including phenoxy) is 1. The number of amidine groups is 1. The van der Waals surface area contributed by atoms with Crippen LogP contribution >= 0.6 is 0 Å². The zero-order chi connectivity index (χ0) is 22.5. The lowest BCUT2D eigenvalue weighted by molar-refractivity contribution is 0.227. The number of nitrogens with two attached hydrogens (primary N) is 1. The average molecular weight is 423 g/mol. The summed E-state index contributed by atoms with van der Waals surface area (Å²) in [5.74, 6) is 0.531. The second-order valence-electron chi connectivity index (χ2n) is 7.07. The molecule has 0 aliphatic carbocycles. The van der Waals surface area contributed by atoms with Crippen LogP contribution in [0.5, 0.6) is 5.75 Å². The zero-order valence-electron chi connectivity index (χ0n) is 17.7. The van der Waals surface area contributed by atoms with Crippen molar-refractivity contribution in [3.8, 4) is 5.75 Å². The third kappa shape index (κ3) is 4.71. The lowest BCUT2D eigenvalue weighted by Gasteiger charge is -2.24. The Labute approximate surface area is 180 Å². The largest absolute Gasteiger partial charge is 0.482 e. The average Bonchev–Trinajstić information content (AvgIpc) is 2.73. The van der Waals surface area contributed by atoms with E-state index in [-0.39, 0.29) is 12.4 Å². The number of hydrogen-bond acceptors (Lipinski definition) is 6. The molecule has 1 unspecified atom stereocenters. The fourth-order valence-corrected chi connectivity index (χ4v) is 3.44. The van der Waals surface area contributed by atoms with Gasteiger partial charge in [-0.25, -0.2) is 14.4 Å². The molecule has 1 aromatic heterocycles. The quantitative estimate of drug-likeness (QED) is 0.380. The molecule has 1 aromatic carbocycles. The number of aliphatic imine (C=N–C) groups is 1. The molecule has 8 nitrogen and oxygen atoms in total. The van der Waals surface area contributed by atoms with Crippen molar-refractivity contribution in [3.63, 3.8) is 0 Å². The highest BCUT2D eigenvalue weighted by Gasteiger charge is 2.22. The fourth-order valence-electron chi connectivity index (χ4n) is 3.44. The van der Waals surface area contributed by atoms with Gasteiger partial charge in [0, 0.05) is 53.0 Å². The SMILES string of the molecule is CCN/C1=C(\C(C)=N)CN/C(=N\C=N)c2ccc(F)cc2C(C)Oc2cc1cnc2N. The van der Waals surface area contributed by atoms with E-state index in [1.165, 1.54) is 12.1 Å². The number of aromatic nitrogens is 1. The third-order valence-corrected chi connectivity index (χ3v) is 4.92. The number of halogens is 1. The van der Waals surface area contributed by atoms with E-state index in [9.17, 15) is 4.39 Å². The van der Waals surface area contributed by atoms with Crippen molar-refractivity contribution < 1.29 is 9.13 Å². The Bertz CT molecular complexity index is 1080. The van der Waals surface area contributed by atoms with Gasteiger partial charge in [0.15, 0.2) is 11.6 Å². The zero-order valence-corrected chi connectivity index (χ0v) is 17.7. The van der Waals surface area contributed by atoms with Gasteiger partial charge in [0.05, 0.1) is 0 Å². The minimum atomic E-state index is -0.572. The van der Waals surface area contributed by atoms with Crippen LogP contribution in [0.4, 0.5) is 10.2 Å². The lowest BCUT2D eigenvalue weighted by atomic mass is 10.00. The number of rotatable bonds is 4. The molecule has 0 spiro atoms. The summed E-state index contributed by atoms with van der Waals surface area (Å²) in [5, 5.41) is 22.3. The van der Waals surface area contributed by atoms with Crippen LogP contribution in [0.25, 0.3) is 5.70 Å². The smallest absolute Gasteiger partial charge is 0.166 e. The maximum atomic E-state index is 14.1. The van der Waals surface area contributed by atoms with E-state index in [4.69, 9.17) is 21.3 Å². The summed E-state index contributed by atoms with van der Waals surface area (Å²) in [6, 6.07) is 6.07. The van der Waals surface area contributed by atoms with E-state index in [0.29, 0.717) is 46.1 Å². The molecule has 0 radical (unpaired) electrons. The van der Waals surface area contributed by atoms with Gasteiger partial charge in [-0.3, -0.25) is 5.41 Å². The van der Waals surface area contributed by atoms with Crippen molar-refractivity contribution >= 4 is 29.4 Å². The lowest BCUT2D eigenvalue weighted by Crippen LogP contribution is -2.32. The Morgan fingerprint density at radius 3 is 2.90 bits per heavy atom. The number of hydrogen-bond donors (Lipinski definition) is 5. The summed E-state index contributed by atoms with van der Waals surface area (Å²) >= 11 is 0. The molecule has 0 fully saturated rings. The van der Waals surface area contributed by atoms with E-state index < -0.39 is 11.9 Å². The van der Waals surface area contributed by atoms with Crippen molar-refractivity contribution in [1.29, 1.82) is 10.8 Å². The van der Waals surface area contributed by atoms with Crippen molar-refractivity contribution in [2.75, 3.05) is 18.8 Å². The van der Waals surface area contributed by atoms with Gasteiger partial charge in [-0.05, 0) is 45.0 Å². The molecule has 2 heterocycles. The number of fused-ring (bicyclic) bond motifs is 3. The molecule has 1 atom stereocenters. The van der Waals surface area contributed by atoms with Gasteiger partial charge in [-0.15, -0.1) is 0 Å². The number of nitrogens with zero attached hydrogens (tertiary/aromatic N) is 2. The Morgan fingerprint density at radius 1 is 1.45 bits per heavy atom. The second-order valence-corrected chi connectivity index (χ2v) is 7.07. The van der Waals surface area contributed by atoms with Gasteiger partial charge in [0.1, 0.15) is 24.1 Å². The van der Waals surface area contributed by atoms with Gasteiger partial charge in [-0.2, -0.15) is 0 Å². The molecule has 0 saturated heterocycles. The van der Waals surface area contributed by atoms with E-state index >= 15 is 0 Å². The molecular formula is C22H26FN7O. The molecule has 2 aromatic rings. The summed E-state index contributed by atoms with van der Waals surface area (Å²) in [6.45, 7) is 6.33. The van der Waals surface area contributed by atoms with Crippen LogP contribution in [-0.2, 0) is 0 Å². The van der Waals surface area contributed by atoms with Gasteiger partial charge in [0.25, 0.3) is 0 Å². The number of benzene rings is 1. The molecule has 9 heteroatoms. The fraction of sp³-hybridized carbons (Fsp3) is 0.273. The second kappa shape index (κ2) is 9.38. The predicted octanol–water partition coefficient (Wildman–Crippen LogP) is 3.26. The summed E-state index contributed by atoms with van der Waals surface area (Å²) in [5.41, 5.74) is 9.67. The van der Waals surface area contributed by atoms with Gasteiger partial charge in [-0.1, -0.05) is 0 Å². The topological polar surface area (TPSA) is 132 Å². The molecule has 1 aliphatic rings. The molecule has 1 aliphatic heterocycles. The van der Waals surface area contributed by atoms with Crippen LogP contribution in [0.15, 0.2) is 41.0 Å². The van der Waals surface area contributed by atoms with E-state index in [2.05, 4.69) is 20.6 Å². The van der Waals surface area contributed by atoms with Gasteiger partial charge < -0.3 is 26.5 Å². The van der Waals surface area contributed by atoms with Crippen molar-refractivity contribution in [1.82, 2.24) is 15.6 Å². The van der Waals surface area contributed by atoms with Crippen LogP contribution in [0.3, 0.4) is 0 Å². The first-order valence-corrected chi connectivity index (χ1v) is 9.91. The molecular weight excluding hydrogens is 397 g/mol. The van der Waals surface area contributed by atoms with Gasteiger partial charge in [0.2, 0.25) is 0 Å². The third-order valence-electron chi connectivity index (χ3n) is 4.92. The highest BCUT2D eigenvalue weighted by Crippen LogP contribution is 2.31. The highest BCUT2D eigenvalue weighted by atomic mass is 19.1. The molecule has 31 heavy (non-hydrogen) atoms. The molecule has 6 N–H and O–H groups in total. The van der Waals surface area contributed by atoms with Crippen LogP contribution < -0.4 is 21.1 Å². The van der Waals surface area contributed by atoms with Crippen LogP contribution in [-0.4, -0.2) is 36.0 Å². The molecule has 0 saturated carbocycles. The first-order chi connectivity index (χ1) is 14.8. The van der Waals surface area contributed by atoms with Crippen LogP contribution in [0.1, 0.15) is 43.6 Å². The minimum Gasteiger partial charge on any atom is -0.482 e. The Balaban J connectivity index is 2.28. The number of anilines is 1. The number of nitrogen functional groups attached to an aromatic ring is 1. The van der Waals surface area contributed by atoms with E-state index in [0.717, 1.165) is 12.0 Å². The first kappa shape index (κ1) is 21.9. The van der Waals surface area contributed by atoms with E-state index in [1.807, 2.05) is 6.92 Å². The van der Waals surface area contributed by atoms with Crippen molar-refractivity contribution in [2.24, 2.45) is 4.99 Å².